The van der Waals surface area contributed by atoms with Gasteiger partial charge in [0, 0.05) is 13.1 Å². The Morgan fingerprint density at radius 2 is 2.23 bits per heavy atom. The molecule has 0 saturated carbocycles. The standard InChI is InChI=1S/C14H17F3N2O3/c1-2-22-12-4-3-9(14(15,16)17)7-11(12)18-13(21)19-6-5-10(20)8-19/h3-4,7,10,20H,2,5-6,8H2,1H3,(H,18,21)/t10-/m1/s1. The topological polar surface area (TPSA) is 61.8 Å². The van der Waals surface area contributed by atoms with Crippen LogP contribution in [0.5, 0.6) is 5.75 Å². The van der Waals surface area contributed by atoms with Gasteiger partial charge in [0.15, 0.2) is 0 Å². The smallest absolute Gasteiger partial charge is 0.416 e. The van der Waals surface area contributed by atoms with E-state index in [4.69, 9.17) is 4.74 Å². The lowest BCUT2D eigenvalue weighted by molar-refractivity contribution is -0.137. The van der Waals surface area contributed by atoms with Crippen LogP contribution < -0.4 is 10.1 Å². The molecule has 1 aliphatic rings. The van der Waals surface area contributed by atoms with Crippen LogP contribution in [0.25, 0.3) is 0 Å². The van der Waals surface area contributed by atoms with Crippen LogP contribution in [0.15, 0.2) is 18.2 Å². The van der Waals surface area contributed by atoms with Crippen molar-refractivity contribution in [2.75, 3.05) is 25.0 Å². The Hall–Kier alpha value is -1.96. The minimum atomic E-state index is -4.51. The van der Waals surface area contributed by atoms with Crippen molar-refractivity contribution in [3.8, 4) is 5.75 Å². The molecule has 0 bridgehead atoms. The number of hydrogen-bond donors (Lipinski definition) is 2. The van der Waals surface area contributed by atoms with Gasteiger partial charge in [0.25, 0.3) is 0 Å². The van der Waals surface area contributed by atoms with E-state index in [0.717, 1.165) is 12.1 Å². The first-order valence-corrected chi connectivity index (χ1v) is 6.89. The summed E-state index contributed by atoms with van der Waals surface area (Å²) in [5.74, 6) is 0.170. The van der Waals surface area contributed by atoms with Gasteiger partial charge in [-0.15, -0.1) is 0 Å². The number of β-amino-alcohol motifs (C(OH)–C–C–N with tert-alkyl or cyclic N) is 1. The fraction of sp³-hybridized carbons (Fsp3) is 0.500. The number of carbonyl (C=O) groups is 1. The molecule has 1 atom stereocenters. The van der Waals surface area contributed by atoms with Crippen molar-refractivity contribution in [2.45, 2.75) is 25.6 Å². The molecule has 122 valence electrons. The summed E-state index contributed by atoms with van der Waals surface area (Å²) in [6.07, 6.45) is -4.65. The summed E-state index contributed by atoms with van der Waals surface area (Å²) >= 11 is 0. The van der Waals surface area contributed by atoms with Crippen LogP contribution in [0, 0.1) is 0 Å². The molecular weight excluding hydrogens is 301 g/mol. The molecule has 2 N–H and O–H groups in total. The van der Waals surface area contributed by atoms with Gasteiger partial charge in [-0.1, -0.05) is 0 Å². The highest BCUT2D eigenvalue weighted by atomic mass is 19.4. The molecule has 1 saturated heterocycles. The van der Waals surface area contributed by atoms with Gasteiger partial charge >= 0.3 is 12.2 Å². The number of halogens is 3. The third kappa shape index (κ3) is 3.82. The molecule has 1 aromatic rings. The Kier molecular flexibility index (Phi) is 4.80. The number of benzene rings is 1. The largest absolute Gasteiger partial charge is 0.492 e. The highest BCUT2D eigenvalue weighted by Crippen LogP contribution is 2.35. The summed E-state index contributed by atoms with van der Waals surface area (Å²) in [5, 5.41) is 11.8. The second-order valence-electron chi connectivity index (χ2n) is 4.96. The van der Waals surface area contributed by atoms with Crippen molar-refractivity contribution in [1.29, 1.82) is 0 Å². The maximum atomic E-state index is 12.8. The minimum absolute atomic E-state index is 0.0388. The Balaban J connectivity index is 2.21. The SMILES string of the molecule is CCOc1ccc(C(F)(F)F)cc1NC(=O)N1CC[C@@H](O)C1. The quantitative estimate of drug-likeness (QED) is 0.901. The third-order valence-corrected chi connectivity index (χ3v) is 3.30. The van der Waals surface area contributed by atoms with Gasteiger partial charge in [0.05, 0.1) is 24.0 Å². The van der Waals surface area contributed by atoms with Gasteiger partial charge in [-0.3, -0.25) is 0 Å². The van der Waals surface area contributed by atoms with E-state index in [2.05, 4.69) is 5.32 Å². The Bertz CT molecular complexity index is 549. The number of hydrogen-bond acceptors (Lipinski definition) is 3. The first-order valence-electron chi connectivity index (χ1n) is 6.89. The fourth-order valence-electron chi connectivity index (χ4n) is 2.21. The van der Waals surface area contributed by atoms with Gasteiger partial charge < -0.3 is 20.1 Å². The van der Waals surface area contributed by atoms with Crippen molar-refractivity contribution in [3.05, 3.63) is 23.8 Å². The van der Waals surface area contributed by atoms with Crippen molar-refractivity contribution in [3.63, 3.8) is 0 Å². The second-order valence-corrected chi connectivity index (χ2v) is 4.96. The third-order valence-electron chi connectivity index (χ3n) is 3.30. The average molecular weight is 318 g/mol. The van der Waals surface area contributed by atoms with E-state index in [1.54, 1.807) is 6.92 Å². The molecule has 0 aromatic heterocycles. The molecule has 0 aliphatic carbocycles. The normalized spacial score (nSPS) is 18.4. The number of nitrogens with one attached hydrogen (secondary N) is 1. The molecule has 5 nitrogen and oxygen atoms in total. The van der Waals surface area contributed by atoms with E-state index in [1.807, 2.05) is 0 Å². The van der Waals surface area contributed by atoms with Crippen LogP contribution >= 0.6 is 0 Å². The van der Waals surface area contributed by atoms with Crippen LogP contribution in [-0.4, -0.2) is 41.8 Å². The Labute approximate surface area is 125 Å². The van der Waals surface area contributed by atoms with Crippen molar-refractivity contribution >= 4 is 11.7 Å². The molecule has 1 aliphatic heterocycles. The number of aliphatic hydroxyl groups is 1. The second kappa shape index (κ2) is 6.43. The number of amides is 2. The maximum Gasteiger partial charge on any atom is 0.416 e. The van der Waals surface area contributed by atoms with Crippen LogP contribution in [-0.2, 0) is 6.18 Å². The lowest BCUT2D eigenvalue weighted by atomic mass is 10.2. The van der Waals surface area contributed by atoms with E-state index in [-0.39, 0.29) is 24.6 Å². The first kappa shape index (κ1) is 16.4. The number of ether oxygens (including phenoxy) is 1. The predicted molar refractivity (Wildman–Crippen MR) is 73.8 cm³/mol. The number of alkyl halides is 3. The molecule has 2 amide bonds. The lowest BCUT2D eigenvalue weighted by Crippen LogP contribution is -2.33. The minimum Gasteiger partial charge on any atom is -0.492 e. The molecule has 1 aromatic carbocycles. The summed E-state index contributed by atoms with van der Waals surface area (Å²) in [7, 11) is 0. The number of anilines is 1. The molecule has 8 heteroatoms. The number of nitrogens with zero attached hydrogens (tertiary/aromatic N) is 1. The van der Waals surface area contributed by atoms with Crippen LogP contribution in [0.2, 0.25) is 0 Å². The molecule has 0 spiro atoms. The summed E-state index contributed by atoms with van der Waals surface area (Å²) < 4.78 is 43.6. The Morgan fingerprint density at radius 1 is 1.50 bits per heavy atom. The lowest BCUT2D eigenvalue weighted by Gasteiger charge is -2.19. The van der Waals surface area contributed by atoms with Gasteiger partial charge in [-0.2, -0.15) is 13.2 Å². The molecule has 22 heavy (non-hydrogen) atoms. The molecular formula is C14H17F3N2O3. The molecule has 0 radical (unpaired) electrons. The maximum absolute atomic E-state index is 12.8. The van der Waals surface area contributed by atoms with E-state index in [9.17, 15) is 23.1 Å². The zero-order valence-corrected chi connectivity index (χ0v) is 12.0. The van der Waals surface area contributed by atoms with Gasteiger partial charge in [0.2, 0.25) is 0 Å². The number of carbonyl (C=O) groups excluding carboxylic acids is 1. The molecule has 2 rings (SSSR count). The monoisotopic (exact) mass is 318 g/mol. The van der Waals surface area contributed by atoms with Crippen molar-refractivity contribution < 1.29 is 27.8 Å². The summed E-state index contributed by atoms with van der Waals surface area (Å²) in [6, 6.07) is 2.37. The predicted octanol–water partition coefficient (Wildman–Crippen LogP) is 2.70. The first-order chi connectivity index (χ1) is 10.3. The number of likely N-dealkylation sites (tertiary alicyclic amines) is 1. The zero-order chi connectivity index (χ0) is 16.3. The van der Waals surface area contributed by atoms with E-state index < -0.39 is 23.9 Å². The van der Waals surface area contributed by atoms with E-state index in [1.165, 1.54) is 11.0 Å². The van der Waals surface area contributed by atoms with Gasteiger partial charge in [-0.05, 0) is 31.5 Å². The molecule has 1 fully saturated rings. The summed E-state index contributed by atoms with van der Waals surface area (Å²) in [4.78, 5) is 13.4. The van der Waals surface area contributed by atoms with Crippen molar-refractivity contribution in [2.24, 2.45) is 0 Å². The highest BCUT2D eigenvalue weighted by molar-refractivity contribution is 5.91. The zero-order valence-electron chi connectivity index (χ0n) is 12.0. The highest BCUT2D eigenvalue weighted by Gasteiger charge is 2.32. The average Bonchev–Trinajstić information content (AvgIpc) is 2.86. The van der Waals surface area contributed by atoms with E-state index >= 15 is 0 Å². The van der Waals surface area contributed by atoms with Gasteiger partial charge in [-0.25, -0.2) is 4.79 Å². The van der Waals surface area contributed by atoms with Crippen LogP contribution in [0.1, 0.15) is 18.9 Å². The molecule has 1 heterocycles. The summed E-state index contributed by atoms with van der Waals surface area (Å²) in [6.45, 7) is 2.47. The number of rotatable bonds is 3. The van der Waals surface area contributed by atoms with Crippen molar-refractivity contribution in [1.82, 2.24) is 4.90 Å². The van der Waals surface area contributed by atoms with Gasteiger partial charge in [0.1, 0.15) is 5.75 Å². The van der Waals surface area contributed by atoms with E-state index in [0.29, 0.717) is 13.0 Å². The number of aliphatic hydroxyl groups excluding tert-OH is 1. The van der Waals surface area contributed by atoms with Crippen LogP contribution in [0.3, 0.4) is 0 Å². The fourth-order valence-corrected chi connectivity index (χ4v) is 2.21. The van der Waals surface area contributed by atoms with Crippen LogP contribution in [0.4, 0.5) is 23.7 Å². The number of urea groups is 1. The summed E-state index contributed by atoms with van der Waals surface area (Å²) in [5.41, 5.74) is -0.907. The Morgan fingerprint density at radius 3 is 2.77 bits per heavy atom. The molecule has 0 unspecified atom stereocenters.